The third kappa shape index (κ3) is 5.22. The van der Waals surface area contributed by atoms with E-state index in [0.29, 0.717) is 12.1 Å². The third-order valence-corrected chi connectivity index (χ3v) is 8.26. The second-order valence-electron chi connectivity index (χ2n) is 7.88. The van der Waals surface area contributed by atoms with Crippen molar-refractivity contribution >= 4 is 44.8 Å². The zero-order valence-electron chi connectivity index (χ0n) is 16.7. The molecule has 8 nitrogen and oxygen atoms in total. The van der Waals surface area contributed by atoms with Gasteiger partial charge in [0.2, 0.25) is 5.91 Å². The second-order valence-corrected chi connectivity index (χ2v) is 11.3. The molecule has 3 heterocycles. The van der Waals surface area contributed by atoms with E-state index in [1.165, 1.54) is 5.01 Å². The number of hydrogen-bond acceptors (Lipinski definition) is 7. The Hall–Kier alpha value is -1.91. The Morgan fingerprint density at radius 1 is 1.23 bits per heavy atom. The number of anilines is 1. The van der Waals surface area contributed by atoms with Gasteiger partial charge in [0.25, 0.3) is 5.91 Å². The van der Waals surface area contributed by atoms with Crippen LogP contribution in [0.15, 0.2) is 29.4 Å². The summed E-state index contributed by atoms with van der Waals surface area (Å²) >= 11 is 1.97. The molecule has 2 fully saturated rings. The minimum Gasteiger partial charge on any atom is -0.321 e. The van der Waals surface area contributed by atoms with Crippen molar-refractivity contribution in [3.05, 3.63) is 29.8 Å². The zero-order chi connectivity index (χ0) is 21.1. The van der Waals surface area contributed by atoms with Crippen molar-refractivity contribution in [1.82, 2.24) is 9.91 Å². The summed E-state index contributed by atoms with van der Waals surface area (Å²) in [7, 11) is -3.14. The number of carbonyl (C=O) groups is 2. The van der Waals surface area contributed by atoms with E-state index < -0.39 is 15.9 Å². The summed E-state index contributed by atoms with van der Waals surface area (Å²) in [6, 6.07) is 7.30. The van der Waals surface area contributed by atoms with Crippen molar-refractivity contribution in [3.63, 3.8) is 0 Å². The van der Waals surface area contributed by atoms with Crippen molar-refractivity contribution < 1.29 is 18.0 Å². The molecule has 10 heteroatoms. The van der Waals surface area contributed by atoms with Gasteiger partial charge in [-0.2, -0.15) is 16.9 Å². The molecular weight excluding hydrogens is 424 g/mol. The van der Waals surface area contributed by atoms with Gasteiger partial charge in [-0.1, -0.05) is 12.1 Å². The quantitative estimate of drug-likeness (QED) is 0.727. The van der Waals surface area contributed by atoms with E-state index in [2.05, 4.69) is 21.4 Å². The molecule has 0 aromatic heterocycles. The molecule has 1 aromatic rings. The smallest absolute Gasteiger partial charge is 0.271 e. The Labute approximate surface area is 181 Å². The van der Waals surface area contributed by atoms with E-state index in [1.54, 1.807) is 0 Å². The first kappa shape index (κ1) is 21.3. The van der Waals surface area contributed by atoms with Crippen molar-refractivity contribution in [2.45, 2.75) is 31.8 Å². The molecule has 3 aliphatic heterocycles. The predicted molar refractivity (Wildman–Crippen MR) is 118 cm³/mol. The van der Waals surface area contributed by atoms with E-state index >= 15 is 0 Å². The van der Waals surface area contributed by atoms with Gasteiger partial charge in [0.1, 0.15) is 5.71 Å². The lowest BCUT2D eigenvalue weighted by Crippen LogP contribution is -2.42. The Balaban J connectivity index is 1.42. The lowest BCUT2D eigenvalue weighted by atomic mass is 10.1. The SMILES string of the molecule is O=C(Nc1cccc(CN2CCSCC2)c1)C1=NN(C2CCS(=O)(=O)C2)C(=O)CC1. The first-order valence-corrected chi connectivity index (χ1v) is 13.2. The van der Waals surface area contributed by atoms with Crippen LogP contribution < -0.4 is 5.32 Å². The van der Waals surface area contributed by atoms with Crippen molar-refractivity contribution in [1.29, 1.82) is 0 Å². The molecule has 1 aromatic carbocycles. The van der Waals surface area contributed by atoms with Crippen LogP contribution in [-0.2, 0) is 26.0 Å². The fourth-order valence-electron chi connectivity index (χ4n) is 3.96. The largest absolute Gasteiger partial charge is 0.321 e. The van der Waals surface area contributed by atoms with Crippen molar-refractivity contribution in [2.24, 2.45) is 5.10 Å². The predicted octanol–water partition coefficient (Wildman–Crippen LogP) is 1.34. The van der Waals surface area contributed by atoms with Crippen LogP contribution in [0.5, 0.6) is 0 Å². The van der Waals surface area contributed by atoms with Gasteiger partial charge in [-0.15, -0.1) is 0 Å². The van der Waals surface area contributed by atoms with E-state index in [4.69, 9.17) is 0 Å². The summed E-state index contributed by atoms with van der Waals surface area (Å²) in [6.07, 6.45) is 0.783. The Morgan fingerprint density at radius 3 is 2.77 bits per heavy atom. The average Bonchev–Trinajstić information content (AvgIpc) is 3.09. The highest BCUT2D eigenvalue weighted by Crippen LogP contribution is 2.23. The van der Waals surface area contributed by atoms with Crippen molar-refractivity contribution in [2.75, 3.05) is 41.4 Å². The minimum absolute atomic E-state index is 0.0565. The van der Waals surface area contributed by atoms with E-state index in [-0.39, 0.29) is 41.9 Å². The van der Waals surface area contributed by atoms with Gasteiger partial charge in [0.15, 0.2) is 9.84 Å². The molecule has 1 unspecified atom stereocenters. The molecular formula is C20H26N4O4S2. The lowest BCUT2D eigenvalue weighted by molar-refractivity contribution is -0.133. The normalized spacial score (nSPS) is 24.5. The molecule has 0 bridgehead atoms. The first-order valence-electron chi connectivity index (χ1n) is 10.2. The lowest BCUT2D eigenvalue weighted by Gasteiger charge is -2.27. The molecule has 2 saturated heterocycles. The second kappa shape index (κ2) is 9.07. The van der Waals surface area contributed by atoms with Gasteiger partial charge in [0.05, 0.1) is 17.5 Å². The van der Waals surface area contributed by atoms with Gasteiger partial charge in [0, 0.05) is 49.7 Å². The van der Waals surface area contributed by atoms with Crippen LogP contribution in [0.25, 0.3) is 0 Å². The molecule has 0 aliphatic carbocycles. The monoisotopic (exact) mass is 450 g/mol. The molecule has 0 radical (unpaired) electrons. The number of hydrogen-bond donors (Lipinski definition) is 1. The fourth-order valence-corrected chi connectivity index (χ4v) is 6.63. The maximum Gasteiger partial charge on any atom is 0.271 e. The summed E-state index contributed by atoms with van der Waals surface area (Å²) in [5.41, 5.74) is 2.09. The van der Waals surface area contributed by atoms with E-state index in [0.717, 1.165) is 36.7 Å². The highest BCUT2D eigenvalue weighted by molar-refractivity contribution is 7.99. The first-order chi connectivity index (χ1) is 14.4. The number of thioether (sulfide) groups is 1. The molecule has 1 N–H and O–H groups in total. The van der Waals surface area contributed by atoms with E-state index in [9.17, 15) is 18.0 Å². The molecule has 0 saturated carbocycles. The molecule has 3 aliphatic rings. The highest BCUT2D eigenvalue weighted by Gasteiger charge is 2.37. The van der Waals surface area contributed by atoms with Crippen LogP contribution in [-0.4, -0.2) is 78.0 Å². The standard InChI is InChI=1S/C20H26N4O4S2/c25-19-5-4-18(22-24(19)17-6-11-30(27,28)14-17)20(26)21-16-3-1-2-15(12-16)13-23-7-9-29-10-8-23/h1-3,12,17H,4-11,13-14H2,(H,21,26). The average molecular weight is 451 g/mol. The Bertz CT molecular complexity index is 957. The van der Waals surface area contributed by atoms with Gasteiger partial charge < -0.3 is 5.32 Å². The summed E-state index contributed by atoms with van der Waals surface area (Å²) in [5, 5.41) is 8.33. The Morgan fingerprint density at radius 2 is 2.03 bits per heavy atom. The summed E-state index contributed by atoms with van der Waals surface area (Å²) in [4.78, 5) is 27.4. The highest BCUT2D eigenvalue weighted by atomic mass is 32.2. The fraction of sp³-hybridized carbons (Fsp3) is 0.550. The maximum absolute atomic E-state index is 12.8. The van der Waals surface area contributed by atoms with Crippen LogP contribution in [0.1, 0.15) is 24.8 Å². The van der Waals surface area contributed by atoms with Crippen LogP contribution in [0, 0.1) is 0 Å². The van der Waals surface area contributed by atoms with Crippen LogP contribution >= 0.6 is 11.8 Å². The number of nitrogens with one attached hydrogen (secondary N) is 1. The molecule has 2 amide bonds. The molecule has 1 atom stereocenters. The number of rotatable bonds is 5. The topological polar surface area (TPSA) is 99.2 Å². The van der Waals surface area contributed by atoms with Crippen LogP contribution in [0.2, 0.25) is 0 Å². The number of sulfone groups is 1. The molecule has 30 heavy (non-hydrogen) atoms. The van der Waals surface area contributed by atoms with Gasteiger partial charge in [-0.25, -0.2) is 13.4 Å². The number of benzene rings is 1. The third-order valence-electron chi connectivity index (χ3n) is 5.57. The number of amides is 2. The van der Waals surface area contributed by atoms with E-state index in [1.807, 2.05) is 30.0 Å². The van der Waals surface area contributed by atoms with Crippen LogP contribution in [0.4, 0.5) is 5.69 Å². The van der Waals surface area contributed by atoms with Gasteiger partial charge in [-0.05, 0) is 24.1 Å². The molecule has 4 rings (SSSR count). The van der Waals surface area contributed by atoms with Gasteiger partial charge >= 0.3 is 0 Å². The number of carbonyl (C=O) groups excluding carboxylic acids is 2. The minimum atomic E-state index is -3.14. The molecule has 0 spiro atoms. The summed E-state index contributed by atoms with van der Waals surface area (Å²) in [6.45, 7) is 2.99. The molecule has 162 valence electrons. The summed E-state index contributed by atoms with van der Waals surface area (Å²) < 4.78 is 23.5. The zero-order valence-corrected chi connectivity index (χ0v) is 18.4. The number of hydrazone groups is 1. The maximum atomic E-state index is 12.8. The van der Waals surface area contributed by atoms with Crippen molar-refractivity contribution in [3.8, 4) is 0 Å². The number of nitrogens with zero attached hydrogens (tertiary/aromatic N) is 3. The van der Waals surface area contributed by atoms with Crippen LogP contribution in [0.3, 0.4) is 0 Å². The summed E-state index contributed by atoms with van der Waals surface area (Å²) in [5.74, 6) is 1.69. The van der Waals surface area contributed by atoms with Gasteiger partial charge in [-0.3, -0.25) is 14.5 Å². The Kier molecular flexibility index (Phi) is 6.45.